The van der Waals surface area contributed by atoms with Crippen LogP contribution in [0.15, 0.2) is 48.5 Å². The van der Waals surface area contributed by atoms with Crippen molar-refractivity contribution in [3.8, 4) is 5.75 Å². The molecule has 3 rings (SSSR count). The summed E-state index contributed by atoms with van der Waals surface area (Å²) in [5.41, 5.74) is 1.63. The Balaban J connectivity index is 1.75. The van der Waals surface area contributed by atoms with E-state index in [2.05, 4.69) is 0 Å². The molecule has 1 atom stereocenters. The van der Waals surface area contributed by atoms with Gasteiger partial charge in [0.25, 0.3) is 5.91 Å². The molecule has 1 fully saturated rings. The molecular weight excluding hydrogens is 369 g/mol. The Morgan fingerprint density at radius 2 is 2.00 bits per heavy atom. The topological polar surface area (TPSA) is 63.7 Å². The van der Waals surface area contributed by atoms with Gasteiger partial charge >= 0.3 is 0 Å². The van der Waals surface area contributed by atoms with E-state index in [1.165, 1.54) is 17.0 Å². The second-order valence-corrected chi connectivity index (χ2v) is 9.04. The SMILES string of the molecule is Cc1cccc(OCC(=O)N(Cc2cccc(F)c2)C2CCS(=O)(=O)C2)c1. The minimum atomic E-state index is -3.16. The van der Waals surface area contributed by atoms with E-state index in [-0.39, 0.29) is 30.6 Å². The van der Waals surface area contributed by atoms with Crippen LogP contribution >= 0.6 is 0 Å². The lowest BCUT2D eigenvalue weighted by atomic mass is 10.1. The Bertz CT molecular complexity index is 929. The smallest absolute Gasteiger partial charge is 0.261 e. The predicted octanol–water partition coefficient (Wildman–Crippen LogP) is 2.73. The number of carbonyl (C=O) groups excluding carboxylic acids is 1. The highest BCUT2D eigenvalue weighted by Gasteiger charge is 2.34. The first-order valence-electron chi connectivity index (χ1n) is 8.76. The zero-order valence-corrected chi connectivity index (χ0v) is 15.9. The monoisotopic (exact) mass is 391 g/mol. The Kier molecular flexibility index (Phi) is 5.79. The summed E-state index contributed by atoms with van der Waals surface area (Å²) in [6.45, 7) is 1.87. The van der Waals surface area contributed by atoms with Crippen LogP contribution in [0.25, 0.3) is 0 Å². The molecule has 2 aromatic carbocycles. The molecule has 1 saturated heterocycles. The first-order chi connectivity index (χ1) is 12.8. The molecule has 1 aliphatic rings. The maximum Gasteiger partial charge on any atom is 0.261 e. The minimum Gasteiger partial charge on any atom is -0.484 e. The highest BCUT2D eigenvalue weighted by Crippen LogP contribution is 2.21. The number of hydrogen-bond acceptors (Lipinski definition) is 4. The van der Waals surface area contributed by atoms with Gasteiger partial charge < -0.3 is 9.64 Å². The average Bonchev–Trinajstić information content (AvgIpc) is 2.97. The zero-order chi connectivity index (χ0) is 19.4. The van der Waals surface area contributed by atoms with Gasteiger partial charge in [-0.15, -0.1) is 0 Å². The molecule has 7 heteroatoms. The van der Waals surface area contributed by atoms with Crippen LogP contribution in [0.2, 0.25) is 0 Å². The fourth-order valence-corrected chi connectivity index (χ4v) is 4.94. The van der Waals surface area contributed by atoms with Crippen molar-refractivity contribution in [3.05, 3.63) is 65.5 Å². The molecule has 27 heavy (non-hydrogen) atoms. The summed E-state index contributed by atoms with van der Waals surface area (Å²) in [6, 6.07) is 12.9. The number of hydrogen-bond donors (Lipinski definition) is 0. The molecule has 2 aromatic rings. The fraction of sp³-hybridized carbons (Fsp3) is 0.350. The summed E-state index contributed by atoms with van der Waals surface area (Å²) >= 11 is 0. The second-order valence-electron chi connectivity index (χ2n) is 6.81. The molecule has 0 radical (unpaired) electrons. The van der Waals surface area contributed by atoms with Crippen LogP contribution in [0.4, 0.5) is 4.39 Å². The lowest BCUT2D eigenvalue weighted by Crippen LogP contribution is -2.43. The van der Waals surface area contributed by atoms with Gasteiger partial charge in [-0.2, -0.15) is 0 Å². The van der Waals surface area contributed by atoms with Crippen molar-refractivity contribution in [2.24, 2.45) is 0 Å². The van der Waals surface area contributed by atoms with Gasteiger partial charge in [-0.05, 0) is 48.7 Å². The molecule has 144 valence electrons. The summed E-state index contributed by atoms with van der Waals surface area (Å²) < 4.78 is 42.8. The van der Waals surface area contributed by atoms with Crippen molar-refractivity contribution in [1.29, 1.82) is 0 Å². The van der Waals surface area contributed by atoms with Gasteiger partial charge in [-0.25, -0.2) is 12.8 Å². The van der Waals surface area contributed by atoms with E-state index in [1.807, 2.05) is 25.1 Å². The van der Waals surface area contributed by atoms with Gasteiger partial charge in [-0.1, -0.05) is 24.3 Å². The molecule has 0 aliphatic carbocycles. The summed E-state index contributed by atoms with van der Waals surface area (Å²) in [4.78, 5) is 14.3. The van der Waals surface area contributed by atoms with Crippen molar-refractivity contribution in [2.75, 3.05) is 18.1 Å². The molecule has 1 aliphatic heterocycles. The summed E-state index contributed by atoms with van der Waals surface area (Å²) in [5.74, 6) is -0.145. The van der Waals surface area contributed by atoms with Crippen LogP contribution in [0.1, 0.15) is 17.5 Å². The Morgan fingerprint density at radius 1 is 1.22 bits per heavy atom. The zero-order valence-electron chi connectivity index (χ0n) is 15.1. The standard InChI is InChI=1S/C20H22FNO4S/c1-15-4-2-7-19(10-15)26-13-20(23)22(18-8-9-27(24,25)14-18)12-16-5-3-6-17(21)11-16/h2-7,10-11,18H,8-9,12-14H2,1H3. The van der Waals surface area contributed by atoms with E-state index in [0.717, 1.165) is 5.56 Å². The highest BCUT2D eigenvalue weighted by molar-refractivity contribution is 7.91. The first-order valence-corrected chi connectivity index (χ1v) is 10.6. The largest absolute Gasteiger partial charge is 0.484 e. The van der Waals surface area contributed by atoms with E-state index in [9.17, 15) is 17.6 Å². The number of halogens is 1. The average molecular weight is 391 g/mol. The van der Waals surface area contributed by atoms with Gasteiger partial charge in [0, 0.05) is 12.6 Å². The van der Waals surface area contributed by atoms with Crippen LogP contribution in [-0.2, 0) is 21.2 Å². The number of aryl methyl sites for hydroxylation is 1. The summed E-state index contributed by atoms with van der Waals surface area (Å²) in [5, 5.41) is 0. The van der Waals surface area contributed by atoms with E-state index in [4.69, 9.17) is 4.74 Å². The minimum absolute atomic E-state index is 0.0589. The first kappa shape index (κ1) is 19.4. The number of ether oxygens (including phenoxy) is 1. The van der Waals surface area contributed by atoms with Crippen molar-refractivity contribution in [3.63, 3.8) is 0 Å². The molecular formula is C20H22FNO4S. The third-order valence-corrected chi connectivity index (χ3v) is 6.31. The molecule has 1 amide bonds. The van der Waals surface area contributed by atoms with Gasteiger partial charge in [0.05, 0.1) is 11.5 Å². The van der Waals surface area contributed by atoms with Gasteiger partial charge in [0.15, 0.2) is 16.4 Å². The van der Waals surface area contributed by atoms with Gasteiger partial charge in [0.1, 0.15) is 11.6 Å². The lowest BCUT2D eigenvalue weighted by molar-refractivity contribution is -0.136. The fourth-order valence-electron chi connectivity index (χ4n) is 3.21. The second kappa shape index (κ2) is 8.08. The molecule has 1 unspecified atom stereocenters. The van der Waals surface area contributed by atoms with Crippen molar-refractivity contribution < 1.29 is 22.3 Å². The Hall–Kier alpha value is -2.41. The lowest BCUT2D eigenvalue weighted by Gasteiger charge is -2.28. The highest BCUT2D eigenvalue weighted by atomic mass is 32.2. The van der Waals surface area contributed by atoms with Crippen LogP contribution in [0.3, 0.4) is 0 Å². The van der Waals surface area contributed by atoms with E-state index in [0.29, 0.717) is 17.7 Å². The number of carbonyl (C=O) groups is 1. The van der Waals surface area contributed by atoms with E-state index in [1.54, 1.807) is 18.2 Å². The Labute approximate surface area is 158 Å². The third kappa shape index (κ3) is 5.29. The van der Waals surface area contributed by atoms with Crippen LogP contribution < -0.4 is 4.74 Å². The number of benzene rings is 2. The number of rotatable bonds is 6. The summed E-state index contributed by atoms with van der Waals surface area (Å²) in [6.07, 6.45) is 0.383. The van der Waals surface area contributed by atoms with Crippen LogP contribution in [0.5, 0.6) is 5.75 Å². The van der Waals surface area contributed by atoms with Crippen molar-refractivity contribution in [1.82, 2.24) is 4.90 Å². The van der Waals surface area contributed by atoms with E-state index < -0.39 is 21.7 Å². The number of nitrogens with zero attached hydrogens (tertiary/aromatic N) is 1. The molecule has 1 heterocycles. The maximum absolute atomic E-state index is 13.5. The van der Waals surface area contributed by atoms with Crippen molar-refractivity contribution in [2.45, 2.75) is 25.9 Å². The predicted molar refractivity (Wildman–Crippen MR) is 101 cm³/mol. The van der Waals surface area contributed by atoms with Crippen LogP contribution in [-0.4, -0.2) is 43.4 Å². The summed E-state index contributed by atoms with van der Waals surface area (Å²) in [7, 11) is -3.16. The third-order valence-electron chi connectivity index (χ3n) is 4.56. The molecule has 0 N–H and O–H groups in total. The normalized spacial score (nSPS) is 18.2. The number of amides is 1. The molecule has 0 spiro atoms. The van der Waals surface area contributed by atoms with Crippen molar-refractivity contribution >= 4 is 15.7 Å². The van der Waals surface area contributed by atoms with Gasteiger partial charge in [-0.3, -0.25) is 4.79 Å². The quantitative estimate of drug-likeness (QED) is 0.760. The molecule has 0 saturated carbocycles. The molecule has 5 nitrogen and oxygen atoms in total. The molecule has 0 bridgehead atoms. The maximum atomic E-state index is 13.5. The van der Waals surface area contributed by atoms with Gasteiger partial charge in [0.2, 0.25) is 0 Å². The molecule has 0 aromatic heterocycles. The van der Waals surface area contributed by atoms with Crippen LogP contribution in [0, 0.1) is 12.7 Å². The van der Waals surface area contributed by atoms with E-state index >= 15 is 0 Å². The Morgan fingerprint density at radius 3 is 2.67 bits per heavy atom. The number of sulfone groups is 1.